The topological polar surface area (TPSA) is 81.1 Å². The largest absolute Gasteiger partial charge is 0.480 e. The highest BCUT2D eigenvalue weighted by Gasteiger charge is 2.41. The van der Waals surface area contributed by atoms with Gasteiger partial charge in [-0.25, -0.2) is 9.59 Å². The number of likely N-dealkylation sites (tertiary alicyclic amines) is 1. The van der Waals surface area contributed by atoms with Crippen LogP contribution in [0, 0.1) is 5.41 Å². The highest BCUT2D eigenvalue weighted by molar-refractivity contribution is 5.83. The predicted molar refractivity (Wildman–Crippen MR) is 77.9 cm³/mol. The maximum atomic E-state index is 12.5. The molecule has 0 spiro atoms. The van der Waals surface area contributed by atoms with Crippen molar-refractivity contribution in [3.05, 3.63) is 0 Å². The third-order valence-electron chi connectivity index (χ3n) is 4.97. The number of nitrogens with zero attached hydrogens (tertiary/aromatic N) is 2. The van der Waals surface area contributed by atoms with E-state index in [9.17, 15) is 19.8 Å². The molecule has 1 aliphatic carbocycles. The normalized spacial score (nSPS) is 29.4. The van der Waals surface area contributed by atoms with Crippen LogP contribution in [-0.4, -0.2) is 63.8 Å². The minimum atomic E-state index is -1.04. The van der Waals surface area contributed by atoms with E-state index in [2.05, 4.69) is 13.8 Å². The summed E-state index contributed by atoms with van der Waals surface area (Å²) < 4.78 is 0. The number of aliphatic carboxylic acids is 1. The Bertz CT molecular complexity index is 414. The van der Waals surface area contributed by atoms with Crippen LogP contribution in [0.5, 0.6) is 0 Å². The van der Waals surface area contributed by atoms with Gasteiger partial charge in [0.2, 0.25) is 0 Å². The molecule has 21 heavy (non-hydrogen) atoms. The number of hydrogen-bond donors (Lipinski definition) is 2. The summed E-state index contributed by atoms with van der Waals surface area (Å²) in [7, 11) is 1.74. The van der Waals surface area contributed by atoms with Gasteiger partial charge in [-0.05, 0) is 31.1 Å². The maximum absolute atomic E-state index is 12.5. The van der Waals surface area contributed by atoms with Gasteiger partial charge in [0.15, 0.2) is 0 Å². The standard InChI is InChI=1S/C15H26N2O4/c1-15(2)6-4-10(5-7-15)16(3)14(21)17-9-11(18)8-12(17)13(19)20/h10-12,18H,4-9H2,1-3H3,(H,19,20)/t11-,12-/m0/s1. The number of carbonyl (C=O) groups is 2. The van der Waals surface area contributed by atoms with E-state index >= 15 is 0 Å². The summed E-state index contributed by atoms with van der Waals surface area (Å²) in [5.74, 6) is -1.04. The Labute approximate surface area is 125 Å². The lowest BCUT2D eigenvalue weighted by molar-refractivity contribution is -0.141. The second-order valence-corrected chi connectivity index (χ2v) is 7.18. The van der Waals surface area contributed by atoms with Crippen LogP contribution < -0.4 is 0 Å². The molecule has 0 bridgehead atoms. The van der Waals surface area contributed by atoms with Gasteiger partial charge in [0.05, 0.1) is 6.10 Å². The van der Waals surface area contributed by atoms with Crippen LogP contribution in [-0.2, 0) is 4.79 Å². The molecule has 1 saturated heterocycles. The average molecular weight is 298 g/mol. The number of carboxylic acids is 1. The molecule has 0 unspecified atom stereocenters. The van der Waals surface area contributed by atoms with Gasteiger partial charge in [-0.15, -0.1) is 0 Å². The van der Waals surface area contributed by atoms with Crippen molar-refractivity contribution in [1.29, 1.82) is 0 Å². The molecule has 120 valence electrons. The molecule has 1 heterocycles. The Hall–Kier alpha value is -1.30. The van der Waals surface area contributed by atoms with Crippen LogP contribution in [0.15, 0.2) is 0 Å². The molecule has 2 atom stereocenters. The number of hydrogen-bond acceptors (Lipinski definition) is 3. The number of amides is 2. The molecule has 0 radical (unpaired) electrons. The zero-order valence-electron chi connectivity index (χ0n) is 13.1. The minimum Gasteiger partial charge on any atom is -0.480 e. The van der Waals surface area contributed by atoms with Gasteiger partial charge >= 0.3 is 12.0 Å². The highest BCUT2D eigenvalue weighted by Crippen LogP contribution is 2.37. The first-order chi connectivity index (χ1) is 9.71. The molecule has 2 rings (SSSR count). The Kier molecular flexibility index (Phi) is 4.46. The van der Waals surface area contributed by atoms with E-state index in [1.165, 1.54) is 4.90 Å². The van der Waals surface area contributed by atoms with Crippen LogP contribution in [0.3, 0.4) is 0 Å². The second kappa shape index (κ2) is 5.83. The third-order valence-corrected chi connectivity index (χ3v) is 4.97. The van der Waals surface area contributed by atoms with Crippen LogP contribution >= 0.6 is 0 Å². The summed E-state index contributed by atoms with van der Waals surface area (Å²) in [6, 6.07) is -1.02. The van der Waals surface area contributed by atoms with E-state index in [-0.39, 0.29) is 25.0 Å². The molecule has 1 aliphatic heterocycles. The monoisotopic (exact) mass is 298 g/mol. The first-order valence-corrected chi connectivity index (χ1v) is 7.65. The molecule has 1 saturated carbocycles. The van der Waals surface area contributed by atoms with Crippen molar-refractivity contribution in [2.75, 3.05) is 13.6 Å². The van der Waals surface area contributed by atoms with Crippen LogP contribution in [0.2, 0.25) is 0 Å². The van der Waals surface area contributed by atoms with Crippen molar-refractivity contribution < 1.29 is 19.8 Å². The van der Waals surface area contributed by atoms with Gasteiger partial charge in [0.1, 0.15) is 6.04 Å². The SMILES string of the molecule is CN(C(=O)N1C[C@@H](O)C[C@H]1C(=O)O)C1CCC(C)(C)CC1. The van der Waals surface area contributed by atoms with Gasteiger partial charge in [-0.2, -0.15) is 0 Å². The van der Waals surface area contributed by atoms with Crippen molar-refractivity contribution in [2.24, 2.45) is 5.41 Å². The molecule has 0 aromatic heterocycles. The van der Waals surface area contributed by atoms with E-state index < -0.39 is 18.1 Å². The molecule has 0 aromatic carbocycles. The number of aliphatic hydroxyl groups excluding tert-OH is 1. The first kappa shape index (κ1) is 16.1. The van der Waals surface area contributed by atoms with Crippen molar-refractivity contribution in [2.45, 2.75) is 64.1 Å². The van der Waals surface area contributed by atoms with E-state index in [1.807, 2.05) is 0 Å². The lowest BCUT2D eigenvalue weighted by Crippen LogP contribution is -2.51. The first-order valence-electron chi connectivity index (χ1n) is 7.65. The van der Waals surface area contributed by atoms with Gasteiger partial charge in [0.25, 0.3) is 0 Å². The van der Waals surface area contributed by atoms with Crippen LogP contribution in [0.1, 0.15) is 46.0 Å². The Morgan fingerprint density at radius 3 is 2.33 bits per heavy atom. The Morgan fingerprint density at radius 1 is 1.24 bits per heavy atom. The summed E-state index contributed by atoms with van der Waals surface area (Å²) in [6.45, 7) is 4.59. The number of rotatable bonds is 2. The van der Waals surface area contributed by atoms with Crippen molar-refractivity contribution in [3.63, 3.8) is 0 Å². The highest BCUT2D eigenvalue weighted by atomic mass is 16.4. The molecular weight excluding hydrogens is 272 g/mol. The quantitative estimate of drug-likeness (QED) is 0.810. The Balaban J connectivity index is 2.00. The summed E-state index contributed by atoms with van der Waals surface area (Å²) in [5.41, 5.74) is 0.327. The molecule has 0 aromatic rings. The third kappa shape index (κ3) is 3.48. The number of aliphatic hydroxyl groups is 1. The lowest BCUT2D eigenvalue weighted by Gasteiger charge is -2.40. The van der Waals surface area contributed by atoms with E-state index in [4.69, 9.17) is 0 Å². The van der Waals surface area contributed by atoms with Gasteiger partial charge in [0, 0.05) is 26.1 Å². The van der Waals surface area contributed by atoms with E-state index in [1.54, 1.807) is 11.9 Å². The fraction of sp³-hybridized carbons (Fsp3) is 0.867. The van der Waals surface area contributed by atoms with Crippen molar-refractivity contribution in [3.8, 4) is 0 Å². The minimum absolute atomic E-state index is 0.109. The summed E-state index contributed by atoms with van der Waals surface area (Å²) >= 11 is 0. The molecular formula is C15H26N2O4. The predicted octanol–water partition coefficient (Wildman–Crippen LogP) is 1.53. The second-order valence-electron chi connectivity index (χ2n) is 7.18. The fourth-order valence-electron chi connectivity index (χ4n) is 3.39. The molecule has 2 amide bonds. The lowest BCUT2D eigenvalue weighted by atomic mass is 9.75. The molecule has 6 heteroatoms. The zero-order valence-corrected chi connectivity index (χ0v) is 13.1. The summed E-state index contributed by atoms with van der Waals surface area (Å²) in [6.07, 6.45) is 3.41. The Morgan fingerprint density at radius 2 is 1.81 bits per heavy atom. The number of urea groups is 1. The van der Waals surface area contributed by atoms with Gasteiger partial charge in [-0.3, -0.25) is 0 Å². The van der Waals surface area contributed by atoms with Crippen molar-refractivity contribution >= 4 is 12.0 Å². The fourth-order valence-corrected chi connectivity index (χ4v) is 3.39. The molecule has 2 N–H and O–H groups in total. The van der Waals surface area contributed by atoms with Crippen LogP contribution in [0.4, 0.5) is 4.79 Å². The molecule has 2 aliphatic rings. The number of carbonyl (C=O) groups excluding carboxylic acids is 1. The zero-order chi connectivity index (χ0) is 15.8. The van der Waals surface area contributed by atoms with Crippen molar-refractivity contribution in [1.82, 2.24) is 9.80 Å². The summed E-state index contributed by atoms with van der Waals surface area (Å²) in [4.78, 5) is 26.7. The molecule has 2 fully saturated rings. The van der Waals surface area contributed by atoms with E-state index in [0.29, 0.717) is 5.41 Å². The number of β-amino-alcohol motifs (C(OH)–C–C–N with tert-alkyl or cyclic N) is 1. The smallest absolute Gasteiger partial charge is 0.326 e. The maximum Gasteiger partial charge on any atom is 0.326 e. The summed E-state index contributed by atoms with van der Waals surface area (Å²) in [5, 5.41) is 18.8. The molecule has 6 nitrogen and oxygen atoms in total. The van der Waals surface area contributed by atoms with Crippen LogP contribution in [0.25, 0.3) is 0 Å². The van der Waals surface area contributed by atoms with Gasteiger partial charge in [-0.1, -0.05) is 13.8 Å². The number of carboxylic acid groups (broad SMARTS) is 1. The van der Waals surface area contributed by atoms with Gasteiger partial charge < -0.3 is 20.0 Å². The average Bonchev–Trinajstić information content (AvgIpc) is 2.79. The van der Waals surface area contributed by atoms with E-state index in [0.717, 1.165) is 25.7 Å².